The van der Waals surface area contributed by atoms with Crippen LogP contribution in [0.4, 0.5) is 0 Å². The Morgan fingerprint density at radius 1 is 1.44 bits per heavy atom. The van der Waals surface area contributed by atoms with Gasteiger partial charge in [-0.2, -0.15) is 0 Å². The van der Waals surface area contributed by atoms with Crippen molar-refractivity contribution in [1.29, 1.82) is 0 Å². The van der Waals surface area contributed by atoms with Gasteiger partial charge in [0.05, 0.1) is 6.04 Å². The van der Waals surface area contributed by atoms with E-state index in [1.54, 1.807) is 0 Å². The van der Waals surface area contributed by atoms with E-state index >= 15 is 0 Å². The molecule has 18 heavy (non-hydrogen) atoms. The lowest BCUT2D eigenvalue weighted by atomic mass is 9.97. The highest BCUT2D eigenvalue weighted by molar-refractivity contribution is 5.79. The second-order valence-electron chi connectivity index (χ2n) is 5.28. The second-order valence-corrected chi connectivity index (χ2v) is 5.28. The molecule has 3 N–H and O–H groups in total. The Morgan fingerprint density at radius 2 is 2.22 bits per heavy atom. The molecule has 1 saturated heterocycles. The van der Waals surface area contributed by atoms with Gasteiger partial charge in [-0.15, -0.1) is 0 Å². The van der Waals surface area contributed by atoms with E-state index in [4.69, 9.17) is 5.73 Å². The highest BCUT2D eigenvalue weighted by Crippen LogP contribution is 2.21. The first-order valence-corrected chi connectivity index (χ1v) is 7.45. The van der Waals surface area contributed by atoms with Gasteiger partial charge in [0.25, 0.3) is 0 Å². The van der Waals surface area contributed by atoms with Gasteiger partial charge in [-0.1, -0.05) is 26.7 Å². The molecule has 4 nitrogen and oxygen atoms in total. The highest BCUT2D eigenvalue weighted by atomic mass is 16.1. The minimum absolute atomic E-state index is 0.167. The number of piperidine rings is 1. The first kappa shape index (κ1) is 15.4. The third-order valence-electron chi connectivity index (χ3n) is 3.87. The lowest BCUT2D eigenvalue weighted by molar-refractivity contribution is -0.120. The van der Waals surface area contributed by atoms with Crippen LogP contribution in [0.15, 0.2) is 0 Å². The molecule has 1 fully saturated rings. The zero-order chi connectivity index (χ0) is 13.4. The molecule has 0 aromatic rings. The molecule has 2 atom stereocenters. The van der Waals surface area contributed by atoms with E-state index in [2.05, 4.69) is 17.1 Å². The fraction of sp³-hybridized carbons (Fsp3) is 0.929. The Labute approximate surface area is 111 Å². The molecule has 0 spiro atoms. The number of nitrogens with one attached hydrogen (secondary N) is 1. The summed E-state index contributed by atoms with van der Waals surface area (Å²) >= 11 is 0. The SMILES string of the molecule is CCCC1CCCCN1CCC(NCC)C(N)=O. The van der Waals surface area contributed by atoms with Crippen molar-refractivity contribution in [2.45, 2.75) is 64.5 Å². The van der Waals surface area contributed by atoms with Crippen LogP contribution in [0.25, 0.3) is 0 Å². The van der Waals surface area contributed by atoms with Crippen LogP contribution in [0.1, 0.15) is 52.4 Å². The van der Waals surface area contributed by atoms with Gasteiger partial charge in [0.2, 0.25) is 5.91 Å². The highest BCUT2D eigenvalue weighted by Gasteiger charge is 2.23. The van der Waals surface area contributed by atoms with Gasteiger partial charge < -0.3 is 16.0 Å². The Bertz CT molecular complexity index is 243. The van der Waals surface area contributed by atoms with E-state index in [0.717, 1.165) is 25.6 Å². The van der Waals surface area contributed by atoms with Crippen molar-refractivity contribution in [2.75, 3.05) is 19.6 Å². The summed E-state index contributed by atoms with van der Waals surface area (Å²) in [7, 11) is 0. The normalized spacial score (nSPS) is 22.9. The Morgan fingerprint density at radius 3 is 2.83 bits per heavy atom. The first-order valence-electron chi connectivity index (χ1n) is 7.45. The van der Waals surface area contributed by atoms with Gasteiger partial charge in [-0.3, -0.25) is 4.79 Å². The molecule has 0 radical (unpaired) electrons. The monoisotopic (exact) mass is 255 g/mol. The number of hydrogen-bond donors (Lipinski definition) is 2. The summed E-state index contributed by atoms with van der Waals surface area (Å²) in [5, 5.41) is 3.17. The van der Waals surface area contributed by atoms with E-state index in [0.29, 0.717) is 0 Å². The first-order chi connectivity index (χ1) is 8.69. The number of carbonyl (C=O) groups excluding carboxylic acids is 1. The third-order valence-corrected chi connectivity index (χ3v) is 3.87. The van der Waals surface area contributed by atoms with Crippen molar-refractivity contribution in [1.82, 2.24) is 10.2 Å². The molecule has 1 rings (SSSR count). The zero-order valence-electron chi connectivity index (χ0n) is 12.0. The largest absolute Gasteiger partial charge is 0.368 e. The van der Waals surface area contributed by atoms with Crippen molar-refractivity contribution >= 4 is 5.91 Å². The lowest BCUT2D eigenvalue weighted by Crippen LogP contribution is -2.46. The number of primary amides is 1. The fourth-order valence-electron chi connectivity index (χ4n) is 2.90. The van der Waals surface area contributed by atoms with Gasteiger partial charge in [-0.05, 0) is 38.8 Å². The predicted octanol–water partition coefficient (Wildman–Crippen LogP) is 1.49. The number of rotatable bonds is 8. The van der Waals surface area contributed by atoms with E-state index in [1.165, 1.54) is 38.6 Å². The number of hydrogen-bond acceptors (Lipinski definition) is 3. The van der Waals surface area contributed by atoms with Crippen molar-refractivity contribution in [3.63, 3.8) is 0 Å². The predicted molar refractivity (Wildman–Crippen MR) is 75.4 cm³/mol. The summed E-state index contributed by atoms with van der Waals surface area (Å²) in [6, 6.07) is 0.554. The van der Waals surface area contributed by atoms with Gasteiger partial charge in [0.1, 0.15) is 0 Å². The van der Waals surface area contributed by atoms with Crippen LogP contribution in [0.3, 0.4) is 0 Å². The number of likely N-dealkylation sites (N-methyl/N-ethyl adjacent to an activating group) is 1. The lowest BCUT2D eigenvalue weighted by Gasteiger charge is -2.36. The summed E-state index contributed by atoms with van der Waals surface area (Å²) in [6.07, 6.45) is 7.33. The molecule has 1 aliphatic heterocycles. The molecule has 0 bridgehead atoms. The van der Waals surface area contributed by atoms with Crippen LogP contribution < -0.4 is 11.1 Å². The van der Waals surface area contributed by atoms with E-state index in [1.807, 2.05) is 6.92 Å². The van der Waals surface area contributed by atoms with Crippen LogP contribution in [0.5, 0.6) is 0 Å². The maximum Gasteiger partial charge on any atom is 0.234 e. The van der Waals surface area contributed by atoms with E-state index < -0.39 is 0 Å². The summed E-state index contributed by atoms with van der Waals surface area (Å²) in [6.45, 7) is 7.23. The molecule has 2 unspecified atom stereocenters. The van der Waals surface area contributed by atoms with Crippen LogP contribution in [0.2, 0.25) is 0 Å². The van der Waals surface area contributed by atoms with Gasteiger partial charge in [-0.25, -0.2) is 0 Å². The molecule has 4 heteroatoms. The average Bonchev–Trinajstić information content (AvgIpc) is 2.36. The molecule has 0 aromatic heterocycles. The summed E-state index contributed by atoms with van der Waals surface area (Å²) in [4.78, 5) is 13.9. The number of nitrogens with two attached hydrogens (primary N) is 1. The molecule has 106 valence electrons. The van der Waals surface area contributed by atoms with E-state index in [-0.39, 0.29) is 11.9 Å². The minimum atomic E-state index is -0.221. The third kappa shape index (κ3) is 4.94. The summed E-state index contributed by atoms with van der Waals surface area (Å²) < 4.78 is 0. The second kappa shape index (κ2) is 8.48. The van der Waals surface area contributed by atoms with Gasteiger partial charge in [0, 0.05) is 12.6 Å². The Hall–Kier alpha value is -0.610. The van der Waals surface area contributed by atoms with Crippen molar-refractivity contribution in [3.8, 4) is 0 Å². The van der Waals surface area contributed by atoms with Crippen molar-refractivity contribution in [3.05, 3.63) is 0 Å². The maximum absolute atomic E-state index is 11.3. The smallest absolute Gasteiger partial charge is 0.234 e. The van der Waals surface area contributed by atoms with Crippen LogP contribution in [-0.4, -0.2) is 42.5 Å². The molecule has 1 aliphatic rings. The average molecular weight is 255 g/mol. The van der Waals surface area contributed by atoms with Gasteiger partial charge >= 0.3 is 0 Å². The molecular weight excluding hydrogens is 226 g/mol. The van der Waals surface area contributed by atoms with Gasteiger partial charge in [0.15, 0.2) is 0 Å². The van der Waals surface area contributed by atoms with Crippen LogP contribution >= 0.6 is 0 Å². The maximum atomic E-state index is 11.3. The number of likely N-dealkylation sites (tertiary alicyclic amines) is 1. The molecule has 0 aromatic carbocycles. The standard InChI is InChI=1S/C14H29N3O/c1-3-7-12-8-5-6-10-17(12)11-9-13(14(15)18)16-4-2/h12-13,16H,3-11H2,1-2H3,(H2,15,18). The molecule has 0 aliphatic carbocycles. The Kier molecular flexibility index (Phi) is 7.28. The molecule has 1 heterocycles. The number of nitrogens with zero attached hydrogens (tertiary/aromatic N) is 1. The van der Waals surface area contributed by atoms with Crippen molar-refractivity contribution in [2.24, 2.45) is 5.73 Å². The quantitative estimate of drug-likeness (QED) is 0.691. The zero-order valence-corrected chi connectivity index (χ0v) is 12.0. The molecule has 1 amide bonds. The summed E-state index contributed by atoms with van der Waals surface area (Å²) in [5.41, 5.74) is 5.41. The summed E-state index contributed by atoms with van der Waals surface area (Å²) in [5.74, 6) is -0.221. The molecular formula is C14H29N3O. The van der Waals surface area contributed by atoms with Crippen molar-refractivity contribution < 1.29 is 4.79 Å². The number of amides is 1. The van der Waals surface area contributed by atoms with E-state index in [9.17, 15) is 4.79 Å². The number of carbonyl (C=O) groups is 1. The van der Waals surface area contributed by atoms with Crippen LogP contribution in [0, 0.1) is 0 Å². The Balaban J connectivity index is 2.40. The topological polar surface area (TPSA) is 58.4 Å². The molecule has 0 saturated carbocycles. The van der Waals surface area contributed by atoms with Crippen LogP contribution in [-0.2, 0) is 4.79 Å². The minimum Gasteiger partial charge on any atom is -0.368 e. The fourth-order valence-corrected chi connectivity index (χ4v) is 2.90.